The summed E-state index contributed by atoms with van der Waals surface area (Å²) in [6.45, 7) is 3.67. The average molecular weight is 326 g/mol. The average Bonchev–Trinajstić information content (AvgIpc) is 3.36. The molecule has 0 radical (unpaired) electrons. The predicted molar refractivity (Wildman–Crippen MR) is 81.2 cm³/mol. The van der Waals surface area contributed by atoms with Gasteiger partial charge in [0, 0.05) is 11.8 Å². The van der Waals surface area contributed by atoms with Crippen LogP contribution in [0.15, 0.2) is 12.7 Å². The zero-order valence-electron chi connectivity index (χ0n) is 12.5. The molecule has 2 N–H and O–H groups in total. The van der Waals surface area contributed by atoms with Gasteiger partial charge in [-0.2, -0.15) is 0 Å². The number of sulfonamides is 1. The van der Waals surface area contributed by atoms with Gasteiger partial charge in [-0.3, -0.25) is 14.3 Å². The van der Waals surface area contributed by atoms with Crippen molar-refractivity contribution in [1.82, 2.24) is 10.0 Å². The summed E-state index contributed by atoms with van der Waals surface area (Å²) in [5.41, 5.74) is -1.12. The Morgan fingerprint density at radius 3 is 2.27 bits per heavy atom. The molecule has 0 spiro atoms. The van der Waals surface area contributed by atoms with Gasteiger partial charge in [-0.05, 0) is 32.1 Å². The largest absolute Gasteiger partial charge is 0.341 e. The summed E-state index contributed by atoms with van der Waals surface area (Å²) in [6, 6.07) is 0. The van der Waals surface area contributed by atoms with E-state index in [9.17, 15) is 18.0 Å². The Kier molecular flexibility index (Phi) is 3.79. The molecular weight excluding hydrogens is 304 g/mol. The van der Waals surface area contributed by atoms with Crippen molar-refractivity contribution in [2.45, 2.75) is 55.7 Å². The third kappa shape index (κ3) is 2.78. The van der Waals surface area contributed by atoms with Crippen molar-refractivity contribution >= 4 is 21.8 Å². The molecule has 0 aromatic carbocycles. The highest BCUT2D eigenvalue weighted by atomic mass is 32.2. The van der Waals surface area contributed by atoms with Crippen molar-refractivity contribution in [3.63, 3.8) is 0 Å². The van der Waals surface area contributed by atoms with Gasteiger partial charge in [0.05, 0.1) is 5.25 Å². The lowest BCUT2D eigenvalue weighted by Crippen LogP contribution is -2.53. The molecule has 7 heteroatoms. The Hall–Kier alpha value is -1.37. The second kappa shape index (κ2) is 5.37. The third-order valence-electron chi connectivity index (χ3n) is 4.97. The first kappa shape index (κ1) is 15.5. The number of hydrogen-bond acceptors (Lipinski definition) is 4. The summed E-state index contributed by atoms with van der Waals surface area (Å²) >= 11 is 0. The fraction of sp³-hybridized carbons (Fsp3) is 0.733. The van der Waals surface area contributed by atoms with Gasteiger partial charge in [0.2, 0.25) is 15.9 Å². The summed E-state index contributed by atoms with van der Waals surface area (Å²) in [5, 5.41) is 2.35. The molecule has 3 rings (SSSR count). The standard InChI is InChI=1S/C15H22N2O4S/c1-2-11-9-15(11,16-13(18)10-5-3-4-6-10)14(19)17-22(20,21)12-7-8-12/h2,10-12H,1,3-9H2,(H,16,18)(H,17,19)/t11-,15-/m1/s1. The van der Waals surface area contributed by atoms with Crippen molar-refractivity contribution in [1.29, 1.82) is 0 Å². The van der Waals surface area contributed by atoms with Gasteiger partial charge in [0.15, 0.2) is 0 Å². The molecule has 0 saturated heterocycles. The van der Waals surface area contributed by atoms with Crippen LogP contribution >= 0.6 is 0 Å². The SMILES string of the molecule is C=C[C@@H]1C[C@]1(NC(=O)C1CCCC1)C(=O)NS(=O)(=O)C1CC1. The van der Waals surface area contributed by atoms with E-state index in [1.54, 1.807) is 6.08 Å². The van der Waals surface area contributed by atoms with E-state index >= 15 is 0 Å². The topological polar surface area (TPSA) is 92.3 Å². The van der Waals surface area contributed by atoms with Crippen LogP contribution in [0.2, 0.25) is 0 Å². The van der Waals surface area contributed by atoms with E-state index in [-0.39, 0.29) is 17.7 Å². The van der Waals surface area contributed by atoms with Gasteiger partial charge in [0.25, 0.3) is 5.91 Å². The second-order valence-electron chi connectivity index (χ2n) is 6.66. The quantitative estimate of drug-likeness (QED) is 0.708. The number of nitrogens with one attached hydrogen (secondary N) is 2. The summed E-state index contributed by atoms with van der Waals surface area (Å²) in [4.78, 5) is 24.7. The number of carbonyl (C=O) groups excluding carboxylic acids is 2. The molecule has 0 aliphatic heterocycles. The van der Waals surface area contributed by atoms with E-state index in [4.69, 9.17) is 0 Å². The van der Waals surface area contributed by atoms with E-state index in [2.05, 4.69) is 16.6 Å². The molecule has 2 amide bonds. The number of hydrogen-bond donors (Lipinski definition) is 2. The first-order chi connectivity index (χ1) is 10.4. The molecule has 3 aliphatic carbocycles. The van der Waals surface area contributed by atoms with Crippen molar-refractivity contribution in [2.75, 3.05) is 0 Å². The highest BCUT2D eigenvalue weighted by molar-refractivity contribution is 7.90. The van der Waals surface area contributed by atoms with Crippen LogP contribution in [-0.4, -0.2) is 31.0 Å². The molecular formula is C15H22N2O4S. The van der Waals surface area contributed by atoms with Crippen LogP contribution in [0.5, 0.6) is 0 Å². The van der Waals surface area contributed by atoms with Gasteiger partial charge < -0.3 is 5.32 Å². The monoisotopic (exact) mass is 326 g/mol. The van der Waals surface area contributed by atoms with Gasteiger partial charge in [-0.25, -0.2) is 8.42 Å². The minimum Gasteiger partial charge on any atom is -0.341 e. The van der Waals surface area contributed by atoms with E-state index < -0.39 is 26.7 Å². The lowest BCUT2D eigenvalue weighted by molar-refractivity contribution is -0.131. The summed E-state index contributed by atoms with van der Waals surface area (Å²) in [6.07, 6.45) is 6.94. The van der Waals surface area contributed by atoms with Crippen LogP contribution in [0.4, 0.5) is 0 Å². The second-order valence-corrected chi connectivity index (χ2v) is 8.62. The van der Waals surface area contributed by atoms with E-state index in [1.807, 2.05) is 0 Å². The fourth-order valence-corrected chi connectivity index (χ4v) is 4.59. The van der Waals surface area contributed by atoms with Crippen LogP contribution in [-0.2, 0) is 19.6 Å². The molecule has 3 fully saturated rings. The van der Waals surface area contributed by atoms with Crippen LogP contribution in [0.25, 0.3) is 0 Å². The van der Waals surface area contributed by atoms with Crippen molar-refractivity contribution in [3.05, 3.63) is 12.7 Å². The minimum atomic E-state index is -3.60. The Balaban J connectivity index is 1.69. The van der Waals surface area contributed by atoms with E-state index in [0.717, 1.165) is 25.7 Å². The van der Waals surface area contributed by atoms with Gasteiger partial charge in [0.1, 0.15) is 5.54 Å². The Bertz CT molecular complexity index is 605. The van der Waals surface area contributed by atoms with Gasteiger partial charge in [-0.1, -0.05) is 18.9 Å². The number of carbonyl (C=O) groups is 2. The zero-order valence-corrected chi connectivity index (χ0v) is 13.3. The number of rotatable bonds is 6. The molecule has 0 aromatic rings. The molecule has 6 nitrogen and oxygen atoms in total. The molecule has 3 saturated carbocycles. The maximum Gasteiger partial charge on any atom is 0.259 e. The summed E-state index contributed by atoms with van der Waals surface area (Å²) < 4.78 is 26.0. The third-order valence-corrected chi connectivity index (χ3v) is 6.79. The first-order valence-corrected chi connectivity index (χ1v) is 9.44. The normalized spacial score (nSPS) is 31.5. The smallest absolute Gasteiger partial charge is 0.259 e. The molecule has 3 aliphatic rings. The summed E-state index contributed by atoms with van der Waals surface area (Å²) in [5.74, 6) is -1.01. The zero-order chi connectivity index (χ0) is 16.0. The maximum atomic E-state index is 12.4. The van der Waals surface area contributed by atoms with Crippen molar-refractivity contribution < 1.29 is 18.0 Å². The first-order valence-electron chi connectivity index (χ1n) is 7.90. The molecule has 122 valence electrons. The molecule has 22 heavy (non-hydrogen) atoms. The van der Waals surface area contributed by atoms with Crippen molar-refractivity contribution in [3.8, 4) is 0 Å². The van der Waals surface area contributed by atoms with Gasteiger partial charge in [-0.15, -0.1) is 6.58 Å². The molecule has 0 bridgehead atoms. The lowest BCUT2D eigenvalue weighted by Gasteiger charge is -2.20. The maximum absolute atomic E-state index is 12.4. The molecule has 0 aromatic heterocycles. The van der Waals surface area contributed by atoms with Gasteiger partial charge >= 0.3 is 0 Å². The Labute approximate surface area is 130 Å². The van der Waals surface area contributed by atoms with Crippen LogP contribution in [0, 0.1) is 11.8 Å². The van der Waals surface area contributed by atoms with Crippen LogP contribution < -0.4 is 10.0 Å². The van der Waals surface area contributed by atoms with Crippen LogP contribution in [0.1, 0.15) is 44.9 Å². The number of amides is 2. The molecule has 2 atom stereocenters. The Morgan fingerprint density at radius 2 is 1.77 bits per heavy atom. The van der Waals surface area contributed by atoms with Crippen LogP contribution in [0.3, 0.4) is 0 Å². The fourth-order valence-electron chi connectivity index (χ4n) is 3.23. The molecule has 0 heterocycles. The highest BCUT2D eigenvalue weighted by Gasteiger charge is 2.61. The lowest BCUT2D eigenvalue weighted by atomic mass is 10.1. The summed E-state index contributed by atoms with van der Waals surface area (Å²) in [7, 11) is -3.60. The van der Waals surface area contributed by atoms with Crippen molar-refractivity contribution in [2.24, 2.45) is 11.8 Å². The van der Waals surface area contributed by atoms with E-state index in [0.29, 0.717) is 19.3 Å². The molecule has 0 unspecified atom stereocenters. The van der Waals surface area contributed by atoms with E-state index in [1.165, 1.54) is 0 Å². The predicted octanol–water partition coefficient (Wildman–Crippen LogP) is 0.846. The minimum absolute atomic E-state index is 0.0595. The Morgan fingerprint density at radius 1 is 1.14 bits per heavy atom. The highest BCUT2D eigenvalue weighted by Crippen LogP contribution is 2.45.